The van der Waals surface area contributed by atoms with Gasteiger partial charge in [-0.3, -0.25) is 4.79 Å². The number of anilines is 1. The summed E-state index contributed by atoms with van der Waals surface area (Å²) in [6.45, 7) is 4.29. The zero-order valence-electron chi connectivity index (χ0n) is 17.0. The van der Waals surface area contributed by atoms with Gasteiger partial charge >= 0.3 is 6.03 Å². The van der Waals surface area contributed by atoms with E-state index < -0.39 is 0 Å². The fraction of sp³-hybridized carbons (Fsp3) is 0.364. The van der Waals surface area contributed by atoms with Crippen molar-refractivity contribution in [2.75, 3.05) is 45.3 Å². The van der Waals surface area contributed by atoms with Gasteiger partial charge in [-0.25, -0.2) is 4.79 Å². The highest BCUT2D eigenvalue weighted by atomic mass is 16.5. The van der Waals surface area contributed by atoms with Crippen LogP contribution in [-0.4, -0.2) is 57.2 Å². The van der Waals surface area contributed by atoms with Gasteiger partial charge in [0.1, 0.15) is 0 Å². The summed E-state index contributed by atoms with van der Waals surface area (Å²) in [5, 5.41) is 5.50. The standard InChI is InChI=1S/C22H28N4O3/c1-23-21(27)19-7-3-17(4-8-19)15-24-22(28)25(2)16-18-5-9-20(10-6-18)26-11-13-29-14-12-26/h3-10H,11-16H2,1-2H3,(H,23,27)(H,24,28). The third-order valence-electron chi connectivity index (χ3n) is 4.97. The fourth-order valence-corrected chi connectivity index (χ4v) is 3.21. The van der Waals surface area contributed by atoms with Crippen LogP contribution in [0.1, 0.15) is 21.5 Å². The molecule has 1 fully saturated rings. The lowest BCUT2D eigenvalue weighted by Crippen LogP contribution is -2.36. The second-order valence-corrected chi connectivity index (χ2v) is 7.06. The van der Waals surface area contributed by atoms with Crippen LogP contribution in [0.25, 0.3) is 0 Å². The normalized spacial score (nSPS) is 13.7. The lowest BCUT2D eigenvalue weighted by molar-refractivity contribution is 0.0963. The van der Waals surface area contributed by atoms with Crippen molar-refractivity contribution < 1.29 is 14.3 Å². The molecule has 2 aromatic rings. The average Bonchev–Trinajstić information content (AvgIpc) is 2.78. The van der Waals surface area contributed by atoms with Crippen molar-refractivity contribution in [1.82, 2.24) is 15.5 Å². The number of rotatable bonds is 6. The van der Waals surface area contributed by atoms with Crippen molar-refractivity contribution in [3.63, 3.8) is 0 Å². The molecule has 154 valence electrons. The molecule has 1 aliphatic heterocycles. The molecule has 0 unspecified atom stereocenters. The van der Waals surface area contributed by atoms with Crippen LogP contribution >= 0.6 is 0 Å². The van der Waals surface area contributed by atoms with E-state index in [2.05, 4.69) is 39.8 Å². The number of morpholine rings is 1. The average molecular weight is 396 g/mol. The van der Waals surface area contributed by atoms with Crippen LogP contribution in [0.4, 0.5) is 10.5 Å². The topological polar surface area (TPSA) is 73.9 Å². The first-order chi connectivity index (χ1) is 14.1. The Hall–Kier alpha value is -3.06. The molecule has 7 nitrogen and oxygen atoms in total. The third-order valence-corrected chi connectivity index (χ3v) is 4.97. The van der Waals surface area contributed by atoms with E-state index in [0.717, 1.165) is 37.4 Å². The molecule has 0 aliphatic carbocycles. The SMILES string of the molecule is CNC(=O)c1ccc(CNC(=O)N(C)Cc2ccc(N3CCOCC3)cc2)cc1. The van der Waals surface area contributed by atoms with Gasteiger partial charge < -0.3 is 25.2 Å². The molecule has 1 heterocycles. The number of hydrogen-bond donors (Lipinski definition) is 2. The van der Waals surface area contributed by atoms with Gasteiger partial charge in [0.15, 0.2) is 0 Å². The highest BCUT2D eigenvalue weighted by Crippen LogP contribution is 2.17. The predicted molar refractivity (Wildman–Crippen MR) is 113 cm³/mol. The van der Waals surface area contributed by atoms with Gasteiger partial charge in [0, 0.05) is 51.5 Å². The molecule has 0 atom stereocenters. The molecule has 3 amide bonds. The van der Waals surface area contributed by atoms with Crippen LogP contribution in [0.15, 0.2) is 48.5 Å². The van der Waals surface area contributed by atoms with Gasteiger partial charge in [-0.1, -0.05) is 24.3 Å². The maximum absolute atomic E-state index is 12.4. The monoisotopic (exact) mass is 396 g/mol. The van der Waals surface area contributed by atoms with E-state index in [0.29, 0.717) is 18.7 Å². The zero-order valence-corrected chi connectivity index (χ0v) is 17.0. The molecule has 3 rings (SSSR count). The third kappa shape index (κ3) is 5.71. The molecule has 0 spiro atoms. The first kappa shape index (κ1) is 20.7. The Labute approximate surface area is 171 Å². The Kier molecular flexibility index (Phi) is 7.08. The molecule has 1 saturated heterocycles. The van der Waals surface area contributed by atoms with Crippen molar-refractivity contribution >= 4 is 17.6 Å². The Bertz CT molecular complexity index is 815. The lowest BCUT2D eigenvalue weighted by Gasteiger charge is -2.29. The van der Waals surface area contributed by atoms with E-state index in [9.17, 15) is 9.59 Å². The van der Waals surface area contributed by atoms with E-state index in [-0.39, 0.29) is 11.9 Å². The summed E-state index contributed by atoms with van der Waals surface area (Å²) in [5.74, 6) is -0.125. The smallest absolute Gasteiger partial charge is 0.317 e. The molecule has 7 heteroatoms. The summed E-state index contributed by atoms with van der Waals surface area (Å²) in [4.78, 5) is 27.9. The minimum atomic E-state index is -0.141. The van der Waals surface area contributed by atoms with Gasteiger partial charge in [0.2, 0.25) is 0 Å². The van der Waals surface area contributed by atoms with Crippen molar-refractivity contribution in [3.05, 3.63) is 65.2 Å². The van der Waals surface area contributed by atoms with E-state index in [1.165, 1.54) is 5.69 Å². The lowest BCUT2D eigenvalue weighted by atomic mass is 10.1. The molecule has 29 heavy (non-hydrogen) atoms. The van der Waals surface area contributed by atoms with Gasteiger partial charge in [-0.15, -0.1) is 0 Å². The molecule has 0 saturated carbocycles. The first-order valence-electron chi connectivity index (χ1n) is 9.78. The predicted octanol–water partition coefficient (Wildman–Crippen LogP) is 2.22. The number of carbonyl (C=O) groups excluding carboxylic acids is 2. The number of urea groups is 1. The van der Waals surface area contributed by atoms with Crippen molar-refractivity contribution in [1.29, 1.82) is 0 Å². The second-order valence-electron chi connectivity index (χ2n) is 7.06. The Morgan fingerprint density at radius 1 is 1.00 bits per heavy atom. The van der Waals surface area contributed by atoms with Gasteiger partial charge in [0.25, 0.3) is 5.91 Å². The zero-order chi connectivity index (χ0) is 20.6. The highest BCUT2D eigenvalue weighted by Gasteiger charge is 2.12. The summed E-state index contributed by atoms with van der Waals surface area (Å²) >= 11 is 0. The largest absolute Gasteiger partial charge is 0.378 e. The van der Waals surface area contributed by atoms with Crippen LogP contribution in [0.3, 0.4) is 0 Å². The number of carbonyl (C=O) groups is 2. The molecule has 0 aromatic heterocycles. The maximum atomic E-state index is 12.4. The second kappa shape index (κ2) is 9.93. The minimum Gasteiger partial charge on any atom is -0.378 e. The fourth-order valence-electron chi connectivity index (χ4n) is 3.21. The van der Waals surface area contributed by atoms with Gasteiger partial charge in [-0.05, 0) is 35.4 Å². The summed E-state index contributed by atoms with van der Waals surface area (Å²) in [6, 6.07) is 15.4. The summed E-state index contributed by atoms with van der Waals surface area (Å²) < 4.78 is 5.39. The number of benzene rings is 2. The number of nitrogens with one attached hydrogen (secondary N) is 2. The van der Waals surface area contributed by atoms with Crippen molar-refractivity contribution in [2.24, 2.45) is 0 Å². The quantitative estimate of drug-likeness (QED) is 0.785. The van der Waals surface area contributed by atoms with Crippen molar-refractivity contribution in [2.45, 2.75) is 13.1 Å². The van der Waals surface area contributed by atoms with Gasteiger partial charge in [0.05, 0.1) is 13.2 Å². The van der Waals surface area contributed by atoms with Crippen LogP contribution in [0.5, 0.6) is 0 Å². The van der Waals surface area contributed by atoms with Crippen LogP contribution < -0.4 is 15.5 Å². The molecule has 0 radical (unpaired) electrons. The Morgan fingerprint density at radius 2 is 1.62 bits per heavy atom. The van der Waals surface area contributed by atoms with E-state index in [1.807, 2.05) is 12.1 Å². The van der Waals surface area contributed by atoms with Crippen LogP contribution in [0, 0.1) is 0 Å². The molecular formula is C22H28N4O3. The number of amides is 3. The number of nitrogens with zero attached hydrogens (tertiary/aromatic N) is 2. The molecule has 2 aromatic carbocycles. The maximum Gasteiger partial charge on any atom is 0.317 e. The van der Waals surface area contributed by atoms with Crippen molar-refractivity contribution in [3.8, 4) is 0 Å². The van der Waals surface area contributed by atoms with Gasteiger partial charge in [-0.2, -0.15) is 0 Å². The molecule has 2 N–H and O–H groups in total. The molecular weight excluding hydrogens is 368 g/mol. The van der Waals surface area contributed by atoms with Crippen LogP contribution in [0.2, 0.25) is 0 Å². The highest BCUT2D eigenvalue weighted by molar-refractivity contribution is 5.93. The Balaban J connectivity index is 1.48. The summed E-state index contributed by atoms with van der Waals surface area (Å²) in [6.07, 6.45) is 0. The summed E-state index contributed by atoms with van der Waals surface area (Å²) in [5.41, 5.74) is 3.80. The molecule has 1 aliphatic rings. The Morgan fingerprint density at radius 3 is 2.24 bits per heavy atom. The van der Waals surface area contributed by atoms with E-state index in [1.54, 1.807) is 31.1 Å². The summed E-state index contributed by atoms with van der Waals surface area (Å²) in [7, 11) is 3.38. The number of hydrogen-bond acceptors (Lipinski definition) is 4. The number of ether oxygens (including phenoxy) is 1. The minimum absolute atomic E-state index is 0.125. The van der Waals surface area contributed by atoms with E-state index in [4.69, 9.17) is 4.74 Å². The van der Waals surface area contributed by atoms with Crippen LogP contribution in [-0.2, 0) is 17.8 Å². The first-order valence-corrected chi connectivity index (χ1v) is 9.78. The molecule has 0 bridgehead atoms. The van der Waals surface area contributed by atoms with E-state index >= 15 is 0 Å².